The predicted octanol–water partition coefficient (Wildman–Crippen LogP) is 2.34. The van der Waals surface area contributed by atoms with Crippen LogP contribution in [0.25, 0.3) is 11.3 Å². The van der Waals surface area contributed by atoms with Crippen molar-refractivity contribution in [3.05, 3.63) is 53.7 Å². The highest BCUT2D eigenvalue weighted by Crippen LogP contribution is 2.29. The fourth-order valence-electron chi connectivity index (χ4n) is 2.88. The highest BCUT2D eigenvalue weighted by molar-refractivity contribution is 5.95. The molecule has 8 heteroatoms. The third kappa shape index (κ3) is 3.71. The fourth-order valence-corrected chi connectivity index (χ4v) is 2.88. The van der Waals surface area contributed by atoms with E-state index in [1.807, 2.05) is 0 Å². The standard InChI is InChI=1S/C18H17F3N2O3/c19-18(20,21)15-3-1-2-14(22-15)12-4-6-13(7-5-12)16(25)23-9-8-17(26,10-23)11-24/h1-7,24,26H,8-11H2. The Balaban J connectivity index is 1.78. The van der Waals surface area contributed by atoms with Crippen LogP contribution in [-0.4, -0.2) is 51.3 Å². The summed E-state index contributed by atoms with van der Waals surface area (Å²) in [6.07, 6.45) is -4.23. The molecular formula is C18H17F3N2O3. The van der Waals surface area contributed by atoms with Gasteiger partial charge in [-0.2, -0.15) is 13.2 Å². The van der Waals surface area contributed by atoms with E-state index in [4.69, 9.17) is 5.11 Å². The van der Waals surface area contributed by atoms with Crippen molar-refractivity contribution in [2.24, 2.45) is 0 Å². The van der Waals surface area contributed by atoms with Gasteiger partial charge in [-0.15, -0.1) is 0 Å². The molecule has 0 aliphatic carbocycles. The van der Waals surface area contributed by atoms with E-state index in [0.717, 1.165) is 6.07 Å². The number of aromatic nitrogens is 1. The van der Waals surface area contributed by atoms with Crippen LogP contribution in [0, 0.1) is 0 Å². The Morgan fingerprint density at radius 3 is 2.46 bits per heavy atom. The highest BCUT2D eigenvalue weighted by atomic mass is 19.4. The van der Waals surface area contributed by atoms with Crippen LogP contribution in [0.2, 0.25) is 0 Å². The molecule has 2 aromatic rings. The molecule has 1 aliphatic rings. The molecule has 0 saturated carbocycles. The van der Waals surface area contributed by atoms with E-state index >= 15 is 0 Å². The van der Waals surface area contributed by atoms with Gasteiger partial charge in [0, 0.05) is 17.7 Å². The number of alkyl halides is 3. The number of hydrogen-bond donors (Lipinski definition) is 2. The number of carbonyl (C=O) groups is 1. The Hall–Kier alpha value is -2.45. The molecule has 1 saturated heterocycles. The predicted molar refractivity (Wildman–Crippen MR) is 87.2 cm³/mol. The Kier molecular flexibility index (Phi) is 4.72. The third-order valence-electron chi connectivity index (χ3n) is 4.38. The highest BCUT2D eigenvalue weighted by Gasteiger charge is 2.37. The molecule has 1 aromatic carbocycles. The van der Waals surface area contributed by atoms with Gasteiger partial charge in [0.1, 0.15) is 11.3 Å². The van der Waals surface area contributed by atoms with Crippen molar-refractivity contribution in [3.8, 4) is 11.3 Å². The number of likely N-dealkylation sites (tertiary alicyclic amines) is 1. The molecule has 0 spiro atoms. The summed E-state index contributed by atoms with van der Waals surface area (Å²) in [7, 11) is 0. The van der Waals surface area contributed by atoms with E-state index in [-0.39, 0.29) is 18.1 Å². The maximum atomic E-state index is 12.8. The van der Waals surface area contributed by atoms with Crippen LogP contribution in [0.5, 0.6) is 0 Å². The van der Waals surface area contributed by atoms with Gasteiger partial charge in [0.25, 0.3) is 5.91 Å². The molecular weight excluding hydrogens is 349 g/mol. The average molecular weight is 366 g/mol. The minimum atomic E-state index is -4.52. The van der Waals surface area contributed by atoms with Crippen molar-refractivity contribution in [2.45, 2.75) is 18.2 Å². The monoisotopic (exact) mass is 366 g/mol. The normalized spacial score (nSPS) is 20.4. The van der Waals surface area contributed by atoms with Crippen molar-refractivity contribution in [1.82, 2.24) is 9.88 Å². The van der Waals surface area contributed by atoms with Gasteiger partial charge in [-0.05, 0) is 30.7 Å². The lowest BCUT2D eigenvalue weighted by Crippen LogP contribution is -2.38. The molecule has 1 unspecified atom stereocenters. The molecule has 3 rings (SSSR count). The molecule has 1 aliphatic heterocycles. The largest absolute Gasteiger partial charge is 0.433 e. The van der Waals surface area contributed by atoms with Crippen molar-refractivity contribution >= 4 is 5.91 Å². The third-order valence-corrected chi connectivity index (χ3v) is 4.38. The summed E-state index contributed by atoms with van der Waals surface area (Å²) in [5.74, 6) is -0.307. The SMILES string of the molecule is O=C(c1ccc(-c2cccc(C(F)(F)F)n2)cc1)N1CCC(O)(CO)C1. The number of hydrogen-bond acceptors (Lipinski definition) is 4. The van der Waals surface area contributed by atoms with Crippen molar-refractivity contribution in [1.29, 1.82) is 0 Å². The molecule has 1 aromatic heterocycles. The van der Waals surface area contributed by atoms with Crippen molar-refractivity contribution in [3.63, 3.8) is 0 Å². The molecule has 2 heterocycles. The van der Waals surface area contributed by atoms with E-state index < -0.39 is 24.1 Å². The van der Waals surface area contributed by atoms with Gasteiger partial charge >= 0.3 is 6.18 Å². The Morgan fingerprint density at radius 2 is 1.88 bits per heavy atom. The van der Waals surface area contributed by atoms with Crippen LogP contribution < -0.4 is 0 Å². The number of nitrogens with zero attached hydrogens (tertiary/aromatic N) is 2. The first-order valence-corrected chi connectivity index (χ1v) is 7.99. The number of rotatable bonds is 3. The summed E-state index contributed by atoms with van der Waals surface area (Å²) in [6.45, 7) is -0.0525. The number of pyridine rings is 1. The Labute approximate surface area is 147 Å². The van der Waals surface area contributed by atoms with Crippen LogP contribution in [0.15, 0.2) is 42.5 Å². The summed E-state index contributed by atoms with van der Waals surface area (Å²) in [5, 5.41) is 19.2. The molecule has 1 atom stereocenters. The van der Waals surface area contributed by atoms with Crippen LogP contribution in [0.1, 0.15) is 22.5 Å². The quantitative estimate of drug-likeness (QED) is 0.875. The Morgan fingerprint density at radius 1 is 1.19 bits per heavy atom. The van der Waals surface area contributed by atoms with Crippen LogP contribution in [0.4, 0.5) is 13.2 Å². The number of carbonyl (C=O) groups excluding carboxylic acids is 1. The first-order chi connectivity index (χ1) is 12.2. The van der Waals surface area contributed by atoms with Gasteiger partial charge < -0.3 is 15.1 Å². The molecule has 1 fully saturated rings. The van der Waals surface area contributed by atoms with E-state index in [9.17, 15) is 23.1 Å². The lowest BCUT2D eigenvalue weighted by Gasteiger charge is -2.21. The van der Waals surface area contributed by atoms with E-state index in [2.05, 4.69) is 4.98 Å². The number of amides is 1. The fraction of sp³-hybridized carbons (Fsp3) is 0.333. The number of benzene rings is 1. The van der Waals surface area contributed by atoms with Gasteiger partial charge in [0.2, 0.25) is 0 Å². The first-order valence-electron chi connectivity index (χ1n) is 7.99. The van der Waals surface area contributed by atoms with E-state index in [1.165, 1.54) is 41.3 Å². The molecule has 138 valence electrons. The zero-order chi connectivity index (χ0) is 18.9. The van der Waals surface area contributed by atoms with Gasteiger partial charge in [0.15, 0.2) is 0 Å². The zero-order valence-electron chi connectivity index (χ0n) is 13.7. The topological polar surface area (TPSA) is 73.7 Å². The maximum absolute atomic E-state index is 12.8. The average Bonchev–Trinajstić information content (AvgIpc) is 3.04. The molecule has 5 nitrogen and oxygen atoms in total. The maximum Gasteiger partial charge on any atom is 0.433 e. The number of β-amino-alcohol motifs (C(OH)–C–C–N with tert-alkyl or cyclic N) is 1. The summed E-state index contributed by atoms with van der Waals surface area (Å²) in [4.78, 5) is 17.5. The van der Waals surface area contributed by atoms with Crippen LogP contribution >= 0.6 is 0 Å². The molecule has 0 bridgehead atoms. The van der Waals surface area contributed by atoms with Crippen LogP contribution in [-0.2, 0) is 6.18 Å². The van der Waals surface area contributed by atoms with Gasteiger partial charge in [-0.3, -0.25) is 4.79 Å². The summed E-state index contributed by atoms with van der Waals surface area (Å²) < 4.78 is 38.3. The van der Waals surface area contributed by atoms with Gasteiger partial charge in [-0.25, -0.2) is 4.98 Å². The second-order valence-electron chi connectivity index (χ2n) is 6.34. The summed E-state index contributed by atoms with van der Waals surface area (Å²) >= 11 is 0. The lowest BCUT2D eigenvalue weighted by molar-refractivity contribution is -0.141. The van der Waals surface area contributed by atoms with Crippen LogP contribution in [0.3, 0.4) is 0 Å². The molecule has 0 radical (unpaired) electrons. The minimum absolute atomic E-state index is 0.0409. The summed E-state index contributed by atoms with van der Waals surface area (Å²) in [5.41, 5.74) is -1.29. The van der Waals surface area contributed by atoms with Gasteiger partial charge in [-0.1, -0.05) is 18.2 Å². The first kappa shape index (κ1) is 18.3. The van der Waals surface area contributed by atoms with Crippen molar-refractivity contribution in [2.75, 3.05) is 19.7 Å². The molecule has 26 heavy (non-hydrogen) atoms. The van der Waals surface area contributed by atoms with Gasteiger partial charge in [0.05, 0.1) is 18.8 Å². The van der Waals surface area contributed by atoms with E-state index in [0.29, 0.717) is 24.1 Å². The minimum Gasteiger partial charge on any atom is -0.393 e. The Bertz CT molecular complexity index is 808. The smallest absolute Gasteiger partial charge is 0.393 e. The zero-order valence-corrected chi connectivity index (χ0v) is 13.7. The molecule has 1 amide bonds. The molecule has 2 N–H and O–H groups in total. The van der Waals surface area contributed by atoms with E-state index in [1.54, 1.807) is 0 Å². The number of halogens is 3. The summed E-state index contributed by atoms with van der Waals surface area (Å²) in [6, 6.07) is 9.73. The second-order valence-corrected chi connectivity index (χ2v) is 6.34. The lowest BCUT2D eigenvalue weighted by atomic mass is 10.1. The second kappa shape index (κ2) is 6.69. The number of aliphatic hydroxyl groups excluding tert-OH is 1. The number of aliphatic hydroxyl groups is 2. The van der Waals surface area contributed by atoms with Crippen molar-refractivity contribution < 1.29 is 28.2 Å².